The van der Waals surface area contributed by atoms with Gasteiger partial charge in [0.1, 0.15) is 13.2 Å². The van der Waals surface area contributed by atoms with Crippen molar-refractivity contribution in [1.82, 2.24) is 0 Å². The Morgan fingerprint density at radius 2 is 0.629 bits per heavy atom. The molecule has 0 N–H and O–H groups in total. The highest BCUT2D eigenvalue weighted by Gasteiger charge is 2.19. The van der Waals surface area contributed by atoms with Gasteiger partial charge in [0.15, 0.2) is 6.10 Å². The maximum absolute atomic E-state index is 12.8. The van der Waals surface area contributed by atoms with Gasteiger partial charge in [0, 0.05) is 19.3 Å². The average molecular weight is 867 g/mol. The lowest BCUT2D eigenvalue weighted by Gasteiger charge is -2.18. The van der Waals surface area contributed by atoms with E-state index in [9.17, 15) is 14.4 Å². The van der Waals surface area contributed by atoms with E-state index in [4.69, 9.17) is 14.2 Å². The summed E-state index contributed by atoms with van der Waals surface area (Å²) in [5.41, 5.74) is 0. The molecule has 0 radical (unpaired) electrons. The molecule has 0 bridgehead atoms. The summed E-state index contributed by atoms with van der Waals surface area (Å²) in [5.74, 6) is -0.902. The summed E-state index contributed by atoms with van der Waals surface area (Å²) in [5, 5.41) is 0. The van der Waals surface area contributed by atoms with Gasteiger partial charge in [-0.05, 0) is 83.5 Å². The van der Waals surface area contributed by atoms with Gasteiger partial charge in [-0.2, -0.15) is 0 Å². The topological polar surface area (TPSA) is 78.9 Å². The minimum absolute atomic E-state index is 0.0821. The third kappa shape index (κ3) is 48.1. The van der Waals surface area contributed by atoms with Crippen molar-refractivity contribution < 1.29 is 28.6 Å². The Hall–Kier alpha value is -2.89. The van der Waals surface area contributed by atoms with E-state index in [2.05, 4.69) is 81.5 Å². The molecule has 0 spiro atoms. The summed E-state index contributed by atoms with van der Waals surface area (Å²) in [6, 6.07) is 0. The van der Waals surface area contributed by atoms with Crippen molar-refractivity contribution in [2.24, 2.45) is 0 Å². The third-order valence-corrected chi connectivity index (χ3v) is 11.3. The highest BCUT2D eigenvalue weighted by Crippen LogP contribution is 2.15. The van der Waals surface area contributed by atoms with Gasteiger partial charge in [-0.1, -0.05) is 216 Å². The molecule has 0 aliphatic carbocycles. The Balaban J connectivity index is 4.40. The first kappa shape index (κ1) is 59.1. The molecule has 0 unspecified atom stereocenters. The minimum atomic E-state index is -0.784. The number of rotatable bonds is 47. The Morgan fingerprint density at radius 1 is 0.339 bits per heavy atom. The van der Waals surface area contributed by atoms with Gasteiger partial charge < -0.3 is 14.2 Å². The number of unbranched alkanes of at least 4 members (excludes halogenated alkanes) is 26. The summed E-state index contributed by atoms with van der Waals surface area (Å²) >= 11 is 0. The fourth-order valence-electron chi connectivity index (χ4n) is 7.31. The quantitative estimate of drug-likeness (QED) is 0.0262. The summed E-state index contributed by atoms with van der Waals surface area (Å²) in [6.45, 7) is 6.49. The molecule has 0 rings (SSSR count). The molecule has 0 aromatic rings. The first-order chi connectivity index (χ1) is 30.5. The smallest absolute Gasteiger partial charge is 0.306 e. The maximum atomic E-state index is 12.8. The summed E-state index contributed by atoms with van der Waals surface area (Å²) in [4.78, 5) is 38.0. The standard InChI is InChI=1S/C56H98O6/c1-4-7-10-13-16-19-22-25-27-28-30-31-34-37-40-43-46-49-55(58)61-52-53(51-60-54(57)48-45-42-39-36-33-24-21-18-15-12-9-6-3)62-56(59)50-47-44-41-38-35-32-29-26-23-20-17-14-11-8-5-2/h8,11,16-17,19-20,25-27,29,53H,4-7,9-10,12-15,18,21-24,28,30-52H2,1-3H3/b11-8-,19-16-,20-17-,27-25-,29-26-/t53-/m1/s1. The zero-order valence-electron chi connectivity index (χ0n) is 40.9. The molecular weight excluding hydrogens is 769 g/mol. The highest BCUT2D eigenvalue weighted by molar-refractivity contribution is 5.71. The van der Waals surface area contributed by atoms with Crippen molar-refractivity contribution in [3.05, 3.63) is 60.8 Å². The van der Waals surface area contributed by atoms with E-state index in [1.165, 1.54) is 109 Å². The minimum Gasteiger partial charge on any atom is -0.462 e. The van der Waals surface area contributed by atoms with E-state index < -0.39 is 6.10 Å². The largest absolute Gasteiger partial charge is 0.462 e. The van der Waals surface area contributed by atoms with Crippen LogP contribution >= 0.6 is 0 Å². The Labute approximate surface area is 383 Å². The summed E-state index contributed by atoms with van der Waals surface area (Å²) in [7, 11) is 0. The van der Waals surface area contributed by atoms with E-state index >= 15 is 0 Å². The molecule has 358 valence electrons. The number of carbonyl (C=O) groups is 3. The molecule has 62 heavy (non-hydrogen) atoms. The fourth-order valence-corrected chi connectivity index (χ4v) is 7.31. The van der Waals surface area contributed by atoms with Gasteiger partial charge in [0.05, 0.1) is 0 Å². The van der Waals surface area contributed by atoms with Crippen LogP contribution in [0.1, 0.15) is 258 Å². The molecule has 0 saturated carbocycles. The number of allylic oxidation sites excluding steroid dienone is 10. The molecule has 1 atom stereocenters. The lowest BCUT2D eigenvalue weighted by molar-refractivity contribution is -0.167. The molecule has 0 aliphatic rings. The van der Waals surface area contributed by atoms with Crippen LogP contribution in [0.4, 0.5) is 0 Å². The molecule has 0 aromatic carbocycles. The number of hydrogen-bond donors (Lipinski definition) is 0. The Morgan fingerprint density at radius 3 is 1.02 bits per heavy atom. The van der Waals surface area contributed by atoms with Crippen LogP contribution < -0.4 is 0 Å². The van der Waals surface area contributed by atoms with E-state index in [-0.39, 0.29) is 31.1 Å². The normalized spacial score (nSPS) is 12.5. The predicted molar refractivity (Wildman–Crippen MR) is 265 cm³/mol. The zero-order chi connectivity index (χ0) is 45.1. The van der Waals surface area contributed by atoms with Crippen molar-refractivity contribution >= 4 is 17.9 Å². The van der Waals surface area contributed by atoms with Gasteiger partial charge in [-0.25, -0.2) is 0 Å². The first-order valence-electron chi connectivity index (χ1n) is 26.3. The lowest BCUT2D eigenvalue weighted by atomic mass is 10.0. The summed E-state index contributed by atoms with van der Waals surface area (Å²) < 4.78 is 16.8. The molecule has 0 aliphatic heterocycles. The van der Waals surface area contributed by atoms with Crippen LogP contribution in [0.25, 0.3) is 0 Å². The molecule has 0 aromatic heterocycles. The van der Waals surface area contributed by atoms with Crippen LogP contribution in [0.5, 0.6) is 0 Å². The Bertz CT molecular complexity index is 1130. The van der Waals surface area contributed by atoms with Crippen LogP contribution in [0.2, 0.25) is 0 Å². The molecule has 0 fully saturated rings. The van der Waals surface area contributed by atoms with Gasteiger partial charge in [0.25, 0.3) is 0 Å². The van der Waals surface area contributed by atoms with E-state index in [1.807, 2.05) is 0 Å². The number of carbonyl (C=O) groups excluding carboxylic acids is 3. The highest BCUT2D eigenvalue weighted by atomic mass is 16.6. The van der Waals surface area contributed by atoms with Gasteiger partial charge >= 0.3 is 17.9 Å². The monoisotopic (exact) mass is 867 g/mol. The molecule has 0 heterocycles. The van der Waals surface area contributed by atoms with Crippen molar-refractivity contribution in [2.45, 2.75) is 264 Å². The van der Waals surface area contributed by atoms with Crippen molar-refractivity contribution in [3.63, 3.8) is 0 Å². The van der Waals surface area contributed by atoms with Crippen molar-refractivity contribution in [2.75, 3.05) is 13.2 Å². The van der Waals surface area contributed by atoms with E-state index in [0.29, 0.717) is 19.3 Å². The number of ether oxygens (including phenoxy) is 3. The van der Waals surface area contributed by atoms with E-state index in [0.717, 1.165) is 109 Å². The molecule has 6 nitrogen and oxygen atoms in total. The lowest BCUT2D eigenvalue weighted by Crippen LogP contribution is -2.30. The molecule has 6 heteroatoms. The van der Waals surface area contributed by atoms with Crippen LogP contribution in [0.3, 0.4) is 0 Å². The van der Waals surface area contributed by atoms with Crippen LogP contribution in [-0.4, -0.2) is 37.2 Å². The maximum Gasteiger partial charge on any atom is 0.306 e. The summed E-state index contributed by atoms with van der Waals surface area (Å²) in [6.07, 6.45) is 62.0. The van der Waals surface area contributed by atoms with Crippen molar-refractivity contribution in [3.8, 4) is 0 Å². The van der Waals surface area contributed by atoms with Gasteiger partial charge in [-0.3, -0.25) is 14.4 Å². The second-order valence-corrected chi connectivity index (χ2v) is 17.4. The average Bonchev–Trinajstić information content (AvgIpc) is 3.27. The SMILES string of the molecule is CC/C=C\C/C=C\C/C=C\CCCCCCCC(=O)O[C@@H](COC(=O)CCCCCCCCC/C=C\C/C=C\CCCCC)COC(=O)CCCCCCCCCCCCCC. The van der Waals surface area contributed by atoms with Gasteiger partial charge in [0.2, 0.25) is 0 Å². The zero-order valence-corrected chi connectivity index (χ0v) is 40.9. The first-order valence-corrected chi connectivity index (χ1v) is 26.3. The molecular formula is C56H98O6. The fraction of sp³-hybridized carbons (Fsp3) is 0.768. The van der Waals surface area contributed by atoms with Crippen LogP contribution in [0, 0.1) is 0 Å². The van der Waals surface area contributed by atoms with Gasteiger partial charge in [-0.15, -0.1) is 0 Å². The second-order valence-electron chi connectivity index (χ2n) is 17.4. The Kier molecular flexibility index (Phi) is 48.4. The second kappa shape index (κ2) is 50.8. The number of esters is 3. The number of hydrogen-bond acceptors (Lipinski definition) is 6. The van der Waals surface area contributed by atoms with Crippen molar-refractivity contribution in [1.29, 1.82) is 0 Å². The molecule has 0 saturated heterocycles. The predicted octanol–water partition coefficient (Wildman–Crippen LogP) is 17.3. The van der Waals surface area contributed by atoms with Crippen LogP contribution in [-0.2, 0) is 28.6 Å². The van der Waals surface area contributed by atoms with Crippen LogP contribution in [0.15, 0.2) is 60.8 Å². The van der Waals surface area contributed by atoms with E-state index in [1.54, 1.807) is 0 Å². The third-order valence-electron chi connectivity index (χ3n) is 11.3. The molecule has 0 amide bonds.